The third-order valence-corrected chi connectivity index (χ3v) is 6.44. The Balaban J connectivity index is 1.67. The van der Waals surface area contributed by atoms with E-state index in [1.165, 1.54) is 25.3 Å². The lowest BCUT2D eigenvalue weighted by Gasteiger charge is -2.15. The number of anilines is 1. The monoisotopic (exact) mass is 547 g/mol. The van der Waals surface area contributed by atoms with Crippen LogP contribution in [0.5, 0.6) is 0 Å². The van der Waals surface area contributed by atoms with Crippen molar-refractivity contribution in [3.8, 4) is 0 Å². The van der Waals surface area contributed by atoms with Crippen molar-refractivity contribution >= 4 is 58.4 Å². The highest BCUT2D eigenvalue weighted by atomic mass is 35.5. The second-order valence-electron chi connectivity index (χ2n) is 7.47. The number of hydrogen-bond acceptors (Lipinski definition) is 7. The Morgan fingerprint density at radius 3 is 2.50 bits per heavy atom. The SMILES string of the molecule is C=CCn1c(SCC(=O)Nc2cc(C(=O)OC)ccc2Cl)nnc1C(C)NC(=O)c1ccc(Cl)cc1. The number of nitrogens with one attached hydrogen (secondary N) is 2. The smallest absolute Gasteiger partial charge is 0.337 e. The quantitative estimate of drug-likeness (QED) is 0.213. The first kappa shape index (κ1) is 27.3. The predicted octanol–water partition coefficient (Wildman–Crippen LogP) is 4.78. The molecule has 36 heavy (non-hydrogen) atoms. The predicted molar refractivity (Wildman–Crippen MR) is 140 cm³/mol. The molecule has 0 saturated carbocycles. The fourth-order valence-corrected chi connectivity index (χ4v) is 4.20. The van der Waals surface area contributed by atoms with Crippen LogP contribution in [0.15, 0.2) is 60.3 Å². The summed E-state index contributed by atoms with van der Waals surface area (Å²) in [4.78, 5) is 36.9. The van der Waals surface area contributed by atoms with Gasteiger partial charge in [-0.15, -0.1) is 16.8 Å². The molecule has 0 spiro atoms. The van der Waals surface area contributed by atoms with E-state index in [0.29, 0.717) is 28.1 Å². The highest BCUT2D eigenvalue weighted by molar-refractivity contribution is 7.99. The third-order valence-electron chi connectivity index (χ3n) is 4.89. The van der Waals surface area contributed by atoms with Crippen molar-refractivity contribution in [2.75, 3.05) is 18.2 Å². The zero-order valence-electron chi connectivity index (χ0n) is 19.5. The van der Waals surface area contributed by atoms with Crippen LogP contribution in [-0.2, 0) is 16.1 Å². The van der Waals surface area contributed by atoms with E-state index in [-0.39, 0.29) is 33.8 Å². The van der Waals surface area contributed by atoms with Gasteiger partial charge in [0.15, 0.2) is 11.0 Å². The molecular weight excluding hydrogens is 525 g/mol. The Morgan fingerprint density at radius 1 is 1.14 bits per heavy atom. The maximum atomic E-state index is 12.6. The lowest BCUT2D eigenvalue weighted by molar-refractivity contribution is -0.113. The van der Waals surface area contributed by atoms with Crippen LogP contribution in [0.2, 0.25) is 10.0 Å². The van der Waals surface area contributed by atoms with Gasteiger partial charge in [0.05, 0.1) is 35.2 Å². The molecule has 1 aromatic heterocycles. The van der Waals surface area contributed by atoms with Crippen molar-refractivity contribution in [1.29, 1.82) is 0 Å². The molecule has 0 aliphatic carbocycles. The van der Waals surface area contributed by atoms with Gasteiger partial charge in [-0.3, -0.25) is 9.59 Å². The number of halogens is 2. The number of methoxy groups -OCH3 is 1. The summed E-state index contributed by atoms with van der Waals surface area (Å²) in [5.41, 5.74) is 1.01. The largest absolute Gasteiger partial charge is 0.465 e. The van der Waals surface area contributed by atoms with E-state index in [9.17, 15) is 14.4 Å². The summed E-state index contributed by atoms with van der Waals surface area (Å²) in [6.07, 6.45) is 1.67. The standard InChI is InChI=1S/C24H23Cl2N5O4S/c1-4-11-31-21(14(2)27-22(33)15-5-8-17(25)9-6-15)29-30-24(31)36-13-20(32)28-19-12-16(23(34)35-3)7-10-18(19)26/h4-10,12,14H,1,11,13H2,2-3H3,(H,27,33)(H,28,32). The number of thioether (sulfide) groups is 1. The van der Waals surface area contributed by atoms with Crippen LogP contribution in [-0.4, -0.2) is 45.4 Å². The van der Waals surface area contributed by atoms with E-state index in [1.807, 2.05) is 0 Å². The van der Waals surface area contributed by atoms with Gasteiger partial charge >= 0.3 is 5.97 Å². The number of benzene rings is 2. The summed E-state index contributed by atoms with van der Waals surface area (Å²) in [6, 6.07) is 10.5. The summed E-state index contributed by atoms with van der Waals surface area (Å²) in [5, 5.41) is 15.3. The maximum absolute atomic E-state index is 12.6. The van der Waals surface area contributed by atoms with Crippen LogP contribution in [0.25, 0.3) is 0 Å². The van der Waals surface area contributed by atoms with Crippen molar-refractivity contribution in [1.82, 2.24) is 20.1 Å². The van der Waals surface area contributed by atoms with Crippen molar-refractivity contribution in [2.24, 2.45) is 0 Å². The van der Waals surface area contributed by atoms with Crippen LogP contribution in [0.1, 0.15) is 39.5 Å². The van der Waals surface area contributed by atoms with Gasteiger partial charge in [-0.25, -0.2) is 4.79 Å². The fraction of sp³-hybridized carbons (Fsp3) is 0.208. The molecule has 0 bridgehead atoms. The summed E-state index contributed by atoms with van der Waals surface area (Å²) in [7, 11) is 1.27. The summed E-state index contributed by atoms with van der Waals surface area (Å²) >= 11 is 13.2. The molecule has 2 amide bonds. The Bertz CT molecular complexity index is 1280. The maximum Gasteiger partial charge on any atom is 0.337 e. The number of nitrogens with zero attached hydrogens (tertiary/aromatic N) is 3. The number of carbonyl (C=O) groups is 3. The average Bonchev–Trinajstić information content (AvgIpc) is 3.26. The zero-order valence-corrected chi connectivity index (χ0v) is 21.8. The number of aromatic nitrogens is 3. The Labute approximate surface area is 222 Å². The molecule has 0 saturated heterocycles. The van der Waals surface area contributed by atoms with Crippen LogP contribution >= 0.6 is 35.0 Å². The molecule has 2 N–H and O–H groups in total. The molecule has 2 aromatic carbocycles. The number of ether oxygens (including phenoxy) is 1. The zero-order chi connectivity index (χ0) is 26.2. The highest BCUT2D eigenvalue weighted by Gasteiger charge is 2.21. The lowest BCUT2D eigenvalue weighted by atomic mass is 10.2. The van der Waals surface area contributed by atoms with Gasteiger partial charge in [0.25, 0.3) is 5.91 Å². The Morgan fingerprint density at radius 2 is 1.83 bits per heavy atom. The average molecular weight is 548 g/mol. The van der Waals surface area contributed by atoms with Crippen molar-refractivity contribution in [3.63, 3.8) is 0 Å². The van der Waals surface area contributed by atoms with Gasteiger partial charge in [-0.2, -0.15) is 0 Å². The van der Waals surface area contributed by atoms with Gasteiger partial charge < -0.3 is 19.9 Å². The van der Waals surface area contributed by atoms with Gasteiger partial charge in [0.1, 0.15) is 0 Å². The summed E-state index contributed by atoms with van der Waals surface area (Å²) in [6.45, 7) is 5.93. The van der Waals surface area contributed by atoms with E-state index in [1.54, 1.807) is 41.8 Å². The number of esters is 1. The van der Waals surface area contributed by atoms with Gasteiger partial charge in [-0.1, -0.05) is 41.0 Å². The van der Waals surface area contributed by atoms with Gasteiger partial charge in [0.2, 0.25) is 5.91 Å². The van der Waals surface area contributed by atoms with E-state index >= 15 is 0 Å². The number of carbonyl (C=O) groups excluding carboxylic acids is 3. The minimum absolute atomic E-state index is 0.000425. The highest BCUT2D eigenvalue weighted by Crippen LogP contribution is 2.25. The number of allylic oxidation sites excluding steroid dienone is 1. The van der Waals surface area contributed by atoms with E-state index in [0.717, 1.165) is 11.8 Å². The summed E-state index contributed by atoms with van der Waals surface area (Å²) in [5.74, 6) is -0.679. The molecule has 188 valence electrons. The topological polar surface area (TPSA) is 115 Å². The van der Waals surface area contributed by atoms with Crippen LogP contribution in [0.3, 0.4) is 0 Å². The molecule has 1 atom stereocenters. The van der Waals surface area contributed by atoms with Crippen molar-refractivity contribution in [2.45, 2.75) is 24.7 Å². The van der Waals surface area contributed by atoms with Crippen molar-refractivity contribution in [3.05, 3.63) is 82.1 Å². The number of hydrogen-bond donors (Lipinski definition) is 2. The first-order valence-electron chi connectivity index (χ1n) is 10.6. The number of amides is 2. The molecule has 1 unspecified atom stereocenters. The second-order valence-corrected chi connectivity index (χ2v) is 9.25. The van der Waals surface area contributed by atoms with Crippen LogP contribution in [0, 0.1) is 0 Å². The molecule has 0 aliphatic heterocycles. The van der Waals surface area contributed by atoms with Gasteiger partial charge in [-0.05, 0) is 49.4 Å². The number of rotatable bonds is 10. The van der Waals surface area contributed by atoms with E-state index < -0.39 is 12.0 Å². The normalized spacial score (nSPS) is 11.4. The second kappa shape index (κ2) is 12.6. The molecule has 3 rings (SSSR count). The van der Waals surface area contributed by atoms with Gasteiger partial charge in [0, 0.05) is 17.1 Å². The minimum atomic E-state index is -0.543. The molecule has 0 radical (unpaired) electrons. The van der Waals surface area contributed by atoms with Crippen molar-refractivity contribution < 1.29 is 19.1 Å². The Hall–Kier alpha value is -3.34. The molecule has 9 nitrogen and oxygen atoms in total. The molecular formula is C24H23Cl2N5O4S. The first-order valence-corrected chi connectivity index (χ1v) is 12.4. The summed E-state index contributed by atoms with van der Waals surface area (Å²) < 4.78 is 6.46. The molecule has 0 fully saturated rings. The fourth-order valence-electron chi connectivity index (χ4n) is 3.16. The molecule has 3 aromatic rings. The lowest BCUT2D eigenvalue weighted by Crippen LogP contribution is -2.28. The first-order chi connectivity index (χ1) is 17.2. The third kappa shape index (κ3) is 6.87. The minimum Gasteiger partial charge on any atom is -0.465 e. The molecule has 0 aliphatic rings. The van der Waals surface area contributed by atoms with E-state index in [4.69, 9.17) is 27.9 Å². The Kier molecular flexibility index (Phi) is 9.51. The van der Waals surface area contributed by atoms with Crippen LogP contribution in [0.4, 0.5) is 5.69 Å². The van der Waals surface area contributed by atoms with E-state index in [2.05, 4.69) is 27.4 Å². The molecule has 12 heteroatoms. The molecule has 1 heterocycles. The van der Waals surface area contributed by atoms with Crippen LogP contribution < -0.4 is 10.6 Å².